The summed E-state index contributed by atoms with van der Waals surface area (Å²) in [4.78, 5) is 36.1. The normalized spacial score (nSPS) is 10.8. The number of amides is 3. The van der Waals surface area contributed by atoms with Gasteiger partial charge in [0.2, 0.25) is 11.8 Å². The van der Waals surface area contributed by atoms with Crippen LogP contribution in [0.5, 0.6) is 0 Å². The molecule has 0 aromatic heterocycles. The van der Waals surface area contributed by atoms with Crippen molar-refractivity contribution in [3.8, 4) is 0 Å². The van der Waals surface area contributed by atoms with Crippen molar-refractivity contribution in [3.63, 3.8) is 0 Å². The molecule has 2 aromatic rings. The van der Waals surface area contributed by atoms with Crippen LogP contribution in [-0.4, -0.2) is 17.7 Å². The smallest absolute Gasteiger partial charge is 0.269 e. The number of hydrazine groups is 1. The molecular formula is C20H22FN3O3. The molecule has 2 rings (SSSR count). The van der Waals surface area contributed by atoms with Gasteiger partial charge in [0.15, 0.2) is 0 Å². The van der Waals surface area contributed by atoms with Crippen molar-refractivity contribution in [2.45, 2.75) is 27.2 Å². The van der Waals surface area contributed by atoms with Crippen LogP contribution in [0.25, 0.3) is 0 Å². The van der Waals surface area contributed by atoms with Crippen LogP contribution in [0.2, 0.25) is 0 Å². The van der Waals surface area contributed by atoms with Crippen molar-refractivity contribution in [3.05, 3.63) is 65.5 Å². The maximum absolute atomic E-state index is 12.9. The zero-order valence-electron chi connectivity index (χ0n) is 15.4. The molecule has 0 aliphatic rings. The number of rotatable bonds is 4. The van der Waals surface area contributed by atoms with E-state index in [1.807, 2.05) is 0 Å². The molecule has 6 nitrogen and oxygen atoms in total. The molecule has 0 heterocycles. The van der Waals surface area contributed by atoms with E-state index < -0.39 is 17.2 Å². The lowest BCUT2D eigenvalue weighted by atomic mass is 9.95. The maximum atomic E-state index is 12.9. The van der Waals surface area contributed by atoms with Crippen LogP contribution >= 0.6 is 0 Å². The molecule has 0 radical (unpaired) electrons. The van der Waals surface area contributed by atoms with E-state index in [1.54, 1.807) is 39.0 Å². The maximum Gasteiger partial charge on any atom is 0.269 e. The average Bonchev–Trinajstić information content (AvgIpc) is 2.61. The molecule has 0 unspecified atom stereocenters. The lowest BCUT2D eigenvalue weighted by Crippen LogP contribution is -2.42. The molecule has 0 atom stereocenters. The molecule has 7 heteroatoms. The van der Waals surface area contributed by atoms with Crippen molar-refractivity contribution in [1.82, 2.24) is 10.9 Å². The first-order chi connectivity index (χ1) is 12.6. The molecule has 0 spiro atoms. The Morgan fingerprint density at radius 3 is 2.26 bits per heavy atom. The number of benzene rings is 2. The van der Waals surface area contributed by atoms with E-state index in [0.717, 1.165) is 0 Å². The van der Waals surface area contributed by atoms with Crippen molar-refractivity contribution in [2.24, 2.45) is 5.41 Å². The summed E-state index contributed by atoms with van der Waals surface area (Å²) in [5.41, 5.74) is 5.45. The summed E-state index contributed by atoms with van der Waals surface area (Å²) < 4.78 is 12.9. The predicted molar refractivity (Wildman–Crippen MR) is 100 cm³/mol. The third-order valence-corrected chi connectivity index (χ3v) is 3.66. The summed E-state index contributed by atoms with van der Waals surface area (Å²) >= 11 is 0. The first-order valence-electron chi connectivity index (χ1n) is 8.40. The molecule has 0 saturated heterocycles. The number of hydrogen-bond donors (Lipinski definition) is 3. The Balaban J connectivity index is 1.92. The lowest BCUT2D eigenvalue weighted by Gasteiger charge is -2.18. The number of hydrogen-bond acceptors (Lipinski definition) is 3. The standard InChI is InChI=1S/C20H22FN3O3/c1-20(2,3)19(27)22-16-6-4-5-14(12-16)18(26)24-23-17(25)11-13-7-9-15(21)10-8-13/h4-10,12H,11H2,1-3H3,(H,22,27)(H,23,25)(H,24,26). The van der Waals surface area contributed by atoms with Gasteiger partial charge >= 0.3 is 0 Å². The Labute approximate surface area is 157 Å². The summed E-state index contributed by atoms with van der Waals surface area (Å²) in [6.45, 7) is 5.36. The molecule has 3 N–H and O–H groups in total. The Morgan fingerprint density at radius 2 is 1.63 bits per heavy atom. The average molecular weight is 371 g/mol. The van der Waals surface area contributed by atoms with Crippen molar-refractivity contribution < 1.29 is 18.8 Å². The second-order valence-corrected chi connectivity index (χ2v) is 7.09. The summed E-state index contributed by atoms with van der Waals surface area (Å²) in [5, 5.41) is 2.74. The quantitative estimate of drug-likeness (QED) is 0.722. The Kier molecular flexibility index (Phi) is 6.28. The van der Waals surface area contributed by atoms with Gasteiger partial charge in [0.05, 0.1) is 6.42 Å². The molecule has 0 aliphatic carbocycles. The summed E-state index contributed by atoms with van der Waals surface area (Å²) in [6, 6.07) is 11.9. The zero-order chi connectivity index (χ0) is 20.0. The topological polar surface area (TPSA) is 87.3 Å². The second-order valence-electron chi connectivity index (χ2n) is 7.09. The first-order valence-corrected chi connectivity index (χ1v) is 8.40. The first kappa shape index (κ1) is 20.1. The molecule has 142 valence electrons. The molecule has 2 aromatic carbocycles. The minimum Gasteiger partial charge on any atom is -0.326 e. The fraction of sp³-hybridized carbons (Fsp3) is 0.250. The van der Waals surface area contributed by atoms with Crippen LogP contribution in [0.4, 0.5) is 10.1 Å². The zero-order valence-corrected chi connectivity index (χ0v) is 15.4. The van der Waals surface area contributed by atoms with Gasteiger partial charge in [-0.1, -0.05) is 39.0 Å². The van der Waals surface area contributed by atoms with Crippen LogP contribution in [0, 0.1) is 11.2 Å². The minimum atomic E-state index is -0.563. The lowest BCUT2D eigenvalue weighted by molar-refractivity contribution is -0.123. The monoisotopic (exact) mass is 371 g/mol. The number of carbonyl (C=O) groups is 3. The van der Waals surface area contributed by atoms with Gasteiger partial charge in [-0.2, -0.15) is 0 Å². The van der Waals surface area contributed by atoms with Gasteiger partial charge < -0.3 is 5.32 Å². The summed E-state index contributed by atoms with van der Waals surface area (Å²) in [5.74, 6) is -1.51. The van der Waals surface area contributed by atoms with Crippen LogP contribution < -0.4 is 16.2 Å². The van der Waals surface area contributed by atoms with E-state index >= 15 is 0 Å². The third kappa shape index (κ3) is 6.22. The molecule has 0 bridgehead atoms. The molecule has 0 aliphatic heterocycles. The summed E-state index contributed by atoms with van der Waals surface area (Å²) in [6.07, 6.45) is 0.00222. The molecule has 27 heavy (non-hydrogen) atoms. The highest BCUT2D eigenvalue weighted by atomic mass is 19.1. The van der Waals surface area contributed by atoms with E-state index in [9.17, 15) is 18.8 Å². The van der Waals surface area contributed by atoms with Gasteiger partial charge in [0.1, 0.15) is 5.82 Å². The van der Waals surface area contributed by atoms with E-state index in [-0.39, 0.29) is 23.7 Å². The van der Waals surface area contributed by atoms with Crippen molar-refractivity contribution >= 4 is 23.4 Å². The molecule has 0 saturated carbocycles. The molecular weight excluding hydrogens is 349 g/mol. The van der Waals surface area contributed by atoms with Gasteiger partial charge in [-0.15, -0.1) is 0 Å². The molecule has 3 amide bonds. The van der Waals surface area contributed by atoms with Gasteiger partial charge in [0.25, 0.3) is 5.91 Å². The van der Waals surface area contributed by atoms with Gasteiger partial charge in [-0.05, 0) is 35.9 Å². The number of carbonyl (C=O) groups excluding carboxylic acids is 3. The van der Waals surface area contributed by atoms with E-state index in [0.29, 0.717) is 11.3 Å². The SMILES string of the molecule is CC(C)(C)C(=O)Nc1cccc(C(=O)NNC(=O)Cc2ccc(F)cc2)c1. The van der Waals surface area contributed by atoms with E-state index in [1.165, 1.54) is 30.3 Å². The second kappa shape index (κ2) is 8.44. The van der Waals surface area contributed by atoms with Crippen LogP contribution in [0.3, 0.4) is 0 Å². The largest absolute Gasteiger partial charge is 0.326 e. The highest BCUT2D eigenvalue weighted by Gasteiger charge is 2.21. The van der Waals surface area contributed by atoms with E-state index in [2.05, 4.69) is 16.2 Å². The predicted octanol–water partition coefficient (Wildman–Crippen LogP) is 2.81. The number of nitrogens with one attached hydrogen (secondary N) is 3. The third-order valence-electron chi connectivity index (χ3n) is 3.66. The van der Waals surface area contributed by atoms with Gasteiger partial charge in [-0.25, -0.2) is 4.39 Å². The highest BCUT2D eigenvalue weighted by molar-refractivity contribution is 5.99. The highest BCUT2D eigenvalue weighted by Crippen LogP contribution is 2.18. The van der Waals surface area contributed by atoms with Crippen LogP contribution in [0.15, 0.2) is 48.5 Å². The van der Waals surface area contributed by atoms with E-state index in [4.69, 9.17) is 0 Å². The minimum absolute atomic E-state index is 0.00222. The Bertz CT molecular complexity index is 842. The fourth-order valence-electron chi connectivity index (χ4n) is 2.09. The van der Waals surface area contributed by atoms with Crippen LogP contribution in [0.1, 0.15) is 36.7 Å². The Morgan fingerprint density at radius 1 is 0.963 bits per heavy atom. The number of halogens is 1. The van der Waals surface area contributed by atoms with Crippen LogP contribution in [-0.2, 0) is 16.0 Å². The Hall–Kier alpha value is -3.22. The fourth-order valence-corrected chi connectivity index (χ4v) is 2.09. The van der Waals surface area contributed by atoms with Gasteiger partial charge in [0, 0.05) is 16.7 Å². The van der Waals surface area contributed by atoms with Crippen molar-refractivity contribution in [1.29, 1.82) is 0 Å². The van der Waals surface area contributed by atoms with Crippen molar-refractivity contribution in [2.75, 3.05) is 5.32 Å². The number of anilines is 1. The van der Waals surface area contributed by atoms with Gasteiger partial charge in [-0.3, -0.25) is 25.2 Å². The molecule has 0 fully saturated rings. The summed E-state index contributed by atoms with van der Waals surface area (Å²) in [7, 11) is 0.